The number of ether oxygens (including phenoxy) is 1. The fourth-order valence-electron chi connectivity index (χ4n) is 1.55. The second kappa shape index (κ2) is 1.78. The van der Waals surface area contributed by atoms with E-state index in [0.29, 0.717) is 6.42 Å². The lowest BCUT2D eigenvalue weighted by atomic mass is 9.92. The van der Waals surface area contributed by atoms with Gasteiger partial charge in [-0.25, -0.2) is 0 Å². The molecule has 3 N–H and O–H groups in total. The van der Waals surface area contributed by atoms with Gasteiger partial charge in [-0.15, -0.1) is 0 Å². The van der Waals surface area contributed by atoms with Crippen molar-refractivity contribution in [2.45, 2.75) is 30.8 Å². The molecule has 2 aliphatic heterocycles. The Morgan fingerprint density at radius 2 is 2.40 bits per heavy atom. The molecule has 2 bridgehead atoms. The highest BCUT2D eigenvalue weighted by Gasteiger charge is 2.51. The topological polar surface area (TPSA) is 72.6 Å². The quantitative estimate of drug-likeness (QED) is 0.429. The molecule has 0 saturated carbocycles. The number of ketones is 1. The predicted octanol–water partition coefficient (Wildman–Crippen LogP) is -1.59. The van der Waals surface area contributed by atoms with Crippen molar-refractivity contribution in [3.05, 3.63) is 0 Å². The van der Waals surface area contributed by atoms with Crippen molar-refractivity contribution in [3.8, 4) is 0 Å². The summed E-state index contributed by atoms with van der Waals surface area (Å²) in [5.41, 5.74) is 5.50. The van der Waals surface area contributed by atoms with Crippen molar-refractivity contribution >= 4 is 5.78 Å². The molecule has 2 saturated heterocycles. The minimum Gasteiger partial charge on any atom is -0.388 e. The smallest absolute Gasteiger partial charge is 0.166 e. The molecule has 2 aliphatic rings. The summed E-state index contributed by atoms with van der Waals surface area (Å²) in [6.45, 7) is 0. The van der Waals surface area contributed by atoms with Crippen LogP contribution in [0.15, 0.2) is 0 Å². The highest BCUT2D eigenvalue weighted by molar-refractivity contribution is 5.87. The maximum atomic E-state index is 10.9. The molecule has 2 rings (SSSR count). The van der Waals surface area contributed by atoms with Crippen LogP contribution in [-0.2, 0) is 9.53 Å². The molecular formula is C6H9NO3. The lowest BCUT2D eigenvalue weighted by Crippen LogP contribution is -2.47. The van der Waals surface area contributed by atoms with Crippen LogP contribution in [0.25, 0.3) is 0 Å². The Bertz CT molecular complexity index is 180. The molecule has 10 heavy (non-hydrogen) atoms. The fraction of sp³-hybridized carbons (Fsp3) is 0.833. The summed E-state index contributed by atoms with van der Waals surface area (Å²) in [5, 5.41) is 9.19. The van der Waals surface area contributed by atoms with Gasteiger partial charge in [-0.2, -0.15) is 0 Å². The van der Waals surface area contributed by atoms with Crippen LogP contribution in [0, 0.1) is 0 Å². The molecule has 0 aromatic carbocycles. The van der Waals surface area contributed by atoms with E-state index >= 15 is 0 Å². The molecule has 2 heterocycles. The lowest BCUT2D eigenvalue weighted by molar-refractivity contribution is -0.125. The third-order valence-electron chi connectivity index (χ3n) is 2.17. The van der Waals surface area contributed by atoms with Crippen LogP contribution < -0.4 is 5.73 Å². The number of carbonyl (C=O) groups excluding carboxylic acids is 1. The van der Waals surface area contributed by atoms with E-state index < -0.39 is 12.2 Å². The van der Waals surface area contributed by atoms with Gasteiger partial charge in [-0.1, -0.05) is 0 Å². The van der Waals surface area contributed by atoms with E-state index in [1.54, 1.807) is 0 Å². The summed E-state index contributed by atoms with van der Waals surface area (Å²) >= 11 is 0. The van der Waals surface area contributed by atoms with Gasteiger partial charge in [0.15, 0.2) is 5.78 Å². The monoisotopic (exact) mass is 143 g/mol. The Hall–Kier alpha value is -0.450. The molecule has 4 atom stereocenters. The van der Waals surface area contributed by atoms with Gasteiger partial charge < -0.3 is 15.6 Å². The van der Waals surface area contributed by atoms with Crippen molar-refractivity contribution in [3.63, 3.8) is 0 Å². The Morgan fingerprint density at radius 1 is 1.70 bits per heavy atom. The van der Waals surface area contributed by atoms with Gasteiger partial charge in [-0.3, -0.25) is 4.79 Å². The SMILES string of the molecule is N[C@@H]1[C@H](O)[C@@H]2O[C@H]1CC2=O. The van der Waals surface area contributed by atoms with Crippen molar-refractivity contribution in [1.82, 2.24) is 0 Å². The zero-order valence-electron chi connectivity index (χ0n) is 5.36. The first kappa shape index (κ1) is 6.27. The van der Waals surface area contributed by atoms with Crippen LogP contribution >= 0.6 is 0 Å². The standard InChI is InChI=1S/C6H9NO3/c7-4-3-1-2(8)6(10-3)5(4)9/h3-6,9H,1,7H2/t3-,4-,5-,6+/m0/s1. The van der Waals surface area contributed by atoms with Crippen LogP contribution in [0.2, 0.25) is 0 Å². The van der Waals surface area contributed by atoms with Crippen LogP contribution in [0.3, 0.4) is 0 Å². The van der Waals surface area contributed by atoms with Gasteiger partial charge in [-0.05, 0) is 0 Å². The maximum absolute atomic E-state index is 10.9. The zero-order chi connectivity index (χ0) is 7.30. The van der Waals surface area contributed by atoms with E-state index in [0.717, 1.165) is 0 Å². The van der Waals surface area contributed by atoms with Crippen LogP contribution in [-0.4, -0.2) is 35.2 Å². The molecule has 0 aromatic heterocycles. The van der Waals surface area contributed by atoms with E-state index in [1.165, 1.54) is 0 Å². The van der Waals surface area contributed by atoms with E-state index in [2.05, 4.69) is 0 Å². The average Bonchev–Trinajstić information content (AvgIpc) is 2.36. The molecule has 4 heteroatoms. The largest absolute Gasteiger partial charge is 0.388 e. The number of aliphatic hydroxyl groups excluding tert-OH is 1. The van der Waals surface area contributed by atoms with Gasteiger partial charge in [0.25, 0.3) is 0 Å². The minimum absolute atomic E-state index is 0.0146. The fourth-order valence-corrected chi connectivity index (χ4v) is 1.55. The summed E-state index contributed by atoms with van der Waals surface area (Å²) in [6.07, 6.45) is -1.25. The Kier molecular flexibility index (Phi) is 1.12. The summed E-state index contributed by atoms with van der Waals surface area (Å²) in [4.78, 5) is 10.9. The number of aliphatic hydroxyl groups is 1. The lowest BCUT2D eigenvalue weighted by Gasteiger charge is -2.17. The highest BCUT2D eigenvalue weighted by Crippen LogP contribution is 2.30. The molecule has 0 aromatic rings. The Balaban J connectivity index is 2.24. The third-order valence-corrected chi connectivity index (χ3v) is 2.17. The first-order valence-corrected chi connectivity index (χ1v) is 3.32. The minimum atomic E-state index is -0.772. The zero-order valence-corrected chi connectivity index (χ0v) is 5.36. The molecule has 0 radical (unpaired) electrons. The summed E-state index contributed by atoms with van der Waals surface area (Å²) in [5.74, 6) is -0.0146. The van der Waals surface area contributed by atoms with Gasteiger partial charge >= 0.3 is 0 Å². The Labute approximate surface area is 58.0 Å². The average molecular weight is 143 g/mol. The van der Waals surface area contributed by atoms with Gasteiger partial charge in [0, 0.05) is 6.42 Å². The van der Waals surface area contributed by atoms with E-state index in [4.69, 9.17) is 10.5 Å². The van der Waals surface area contributed by atoms with Crippen molar-refractivity contribution in [2.75, 3.05) is 0 Å². The molecule has 4 nitrogen and oxygen atoms in total. The second-order valence-electron chi connectivity index (χ2n) is 2.83. The van der Waals surface area contributed by atoms with E-state index in [1.807, 2.05) is 0 Å². The first-order valence-electron chi connectivity index (χ1n) is 3.32. The van der Waals surface area contributed by atoms with E-state index in [-0.39, 0.29) is 17.9 Å². The number of hydrogen-bond donors (Lipinski definition) is 2. The van der Waals surface area contributed by atoms with Crippen LogP contribution in [0.5, 0.6) is 0 Å². The predicted molar refractivity (Wildman–Crippen MR) is 32.3 cm³/mol. The van der Waals surface area contributed by atoms with E-state index in [9.17, 15) is 9.90 Å². The number of fused-ring (bicyclic) bond motifs is 2. The number of carbonyl (C=O) groups is 1. The van der Waals surface area contributed by atoms with Gasteiger partial charge in [0.2, 0.25) is 0 Å². The number of Topliss-reactive ketones (excluding diaryl/α,β-unsaturated/α-hetero) is 1. The molecular weight excluding hydrogens is 134 g/mol. The molecule has 0 spiro atoms. The molecule has 0 amide bonds. The van der Waals surface area contributed by atoms with Gasteiger partial charge in [0.1, 0.15) is 12.2 Å². The van der Waals surface area contributed by atoms with Crippen molar-refractivity contribution < 1.29 is 14.6 Å². The van der Waals surface area contributed by atoms with Crippen LogP contribution in [0.1, 0.15) is 6.42 Å². The van der Waals surface area contributed by atoms with Crippen molar-refractivity contribution in [2.24, 2.45) is 5.73 Å². The molecule has 2 fully saturated rings. The summed E-state index contributed by atoms with van der Waals surface area (Å²) in [6, 6.07) is -0.359. The summed E-state index contributed by atoms with van der Waals surface area (Å²) in [7, 11) is 0. The normalized spacial score (nSPS) is 52.4. The van der Waals surface area contributed by atoms with Gasteiger partial charge in [0.05, 0.1) is 12.1 Å². The van der Waals surface area contributed by atoms with Crippen LogP contribution in [0.4, 0.5) is 0 Å². The molecule has 0 aliphatic carbocycles. The van der Waals surface area contributed by atoms with Crippen molar-refractivity contribution in [1.29, 1.82) is 0 Å². The third kappa shape index (κ3) is 0.584. The first-order chi connectivity index (χ1) is 4.70. The Morgan fingerprint density at radius 3 is 2.80 bits per heavy atom. The molecule has 0 unspecified atom stereocenters. The number of rotatable bonds is 0. The number of nitrogens with two attached hydrogens (primary N) is 1. The second-order valence-corrected chi connectivity index (χ2v) is 2.83. The number of hydrogen-bond acceptors (Lipinski definition) is 4. The maximum Gasteiger partial charge on any atom is 0.166 e. The molecule has 56 valence electrons. The highest BCUT2D eigenvalue weighted by atomic mass is 16.5. The summed E-state index contributed by atoms with van der Waals surface area (Å²) < 4.78 is 5.08.